The zero-order valence-electron chi connectivity index (χ0n) is 11.5. The van der Waals surface area contributed by atoms with Crippen molar-refractivity contribution >= 4 is 29.3 Å². The van der Waals surface area contributed by atoms with E-state index in [9.17, 15) is 14.4 Å². The number of amides is 1. The number of carbonyl (C=O) groups excluding carboxylic acids is 3. The van der Waals surface area contributed by atoms with E-state index in [2.05, 4.69) is 10.1 Å². The third kappa shape index (κ3) is 4.06. The van der Waals surface area contributed by atoms with E-state index in [1.165, 1.54) is 21.0 Å². The monoisotopic (exact) mass is 297 g/mol. The third-order valence-corrected chi connectivity index (χ3v) is 3.07. The molecule has 1 rings (SSSR count). The van der Waals surface area contributed by atoms with Crippen LogP contribution in [-0.4, -0.2) is 24.8 Å². The summed E-state index contributed by atoms with van der Waals surface area (Å²) < 4.78 is 4.64. The standard InChI is InChI=1S/C14H16ClNO4/c1-8(17)12(14(19)20-3)13(16-9(2)18)10-4-6-11(15)7-5-10/h4-7,12-13H,1-3H3,(H,16,18)/t12-,13-/m1/s1. The van der Waals surface area contributed by atoms with Crippen LogP contribution in [0.4, 0.5) is 0 Å². The van der Waals surface area contributed by atoms with Gasteiger partial charge in [-0.2, -0.15) is 0 Å². The summed E-state index contributed by atoms with van der Waals surface area (Å²) in [6, 6.07) is 5.78. The van der Waals surface area contributed by atoms with Crippen molar-refractivity contribution < 1.29 is 19.1 Å². The normalized spacial score (nSPS) is 13.2. The SMILES string of the molecule is COC(=O)[C@H](C(C)=O)[C@H](NC(C)=O)c1ccc(Cl)cc1. The smallest absolute Gasteiger partial charge is 0.318 e. The van der Waals surface area contributed by atoms with E-state index in [1.807, 2.05) is 0 Å². The van der Waals surface area contributed by atoms with Crippen LogP contribution >= 0.6 is 11.6 Å². The Balaban J connectivity index is 3.21. The first kappa shape index (κ1) is 16.2. The Hall–Kier alpha value is -1.88. The lowest BCUT2D eigenvalue weighted by molar-refractivity contribution is -0.150. The quantitative estimate of drug-likeness (QED) is 0.665. The van der Waals surface area contributed by atoms with E-state index in [0.29, 0.717) is 10.6 Å². The van der Waals surface area contributed by atoms with E-state index >= 15 is 0 Å². The number of ether oxygens (including phenoxy) is 1. The number of Topliss-reactive ketones (excluding diaryl/α,β-unsaturated/α-hetero) is 1. The first-order chi connectivity index (χ1) is 9.36. The van der Waals surface area contributed by atoms with Gasteiger partial charge in [0.05, 0.1) is 13.2 Å². The van der Waals surface area contributed by atoms with Crippen molar-refractivity contribution in [3.63, 3.8) is 0 Å². The van der Waals surface area contributed by atoms with Crippen LogP contribution in [-0.2, 0) is 19.1 Å². The maximum Gasteiger partial charge on any atom is 0.318 e. The molecule has 1 amide bonds. The summed E-state index contributed by atoms with van der Waals surface area (Å²) in [4.78, 5) is 34.9. The summed E-state index contributed by atoms with van der Waals surface area (Å²) in [7, 11) is 1.20. The fraction of sp³-hybridized carbons (Fsp3) is 0.357. The molecule has 1 aromatic carbocycles. The van der Waals surface area contributed by atoms with E-state index in [-0.39, 0.29) is 11.7 Å². The van der Waals surface area contributed by atoms with Crippen LogP contribution in [0.1, 0.15) is 25.5 Å². The summed E-state index contributed by atoms with van der Waals surface area (Å²) in [5.41, 5.74) is 0.607. The fourth-order valence-electron chi connectivity index (χ4n) is 1.91. The van der Waals surface area contributed by atoms with Gasteiger partial charge in [-0.3, -0.25) is 14.4 Å². The lowest BCUT2D eigenvalue weighted by Crippen LogP contribution is -2.39. The third-order valence-electron chi connectivity index (χ3n) is 2.81. The van der Waals surface area contributed by atoms with Crippen LogP contribution in [0, 0.1) is 5.92 Å². The maximum atomic E-state index is 11.8. The Morgan fingerprint density at radius 3 is 2.10 bits per heavy atom. The second kappa shape index (κ2) is 7.05. The molecule has 5 nitrogen and oxygen atoms in total. The fourth-order valence-corrected chi connectivity index (χ4v) is 2.04. The number of esters is 1. The van der Waals surface area contributed by atoms with Gasteiger partial charge in [-0.25, -0.2) is 0 Å². The molecule has 1 N–H and O–H groups in total. The van der Waals surface area contributed by atoms with Crippen molar-refractivity contribution in [3.05, 3.63) is 34.9 Å². The van der Waals surface area contributed by atoms with Gasteiger partial charge in [-0.15, -0.1) is 0 Å². The number of nitrogens with one attached hydrogen (secondary N) is 1. The highest BCUT2D eigenvalue weighted by molar-refractivity contribution is 6.30. The zero-order valence-corrected chi connectivity index (χ0v) is 12.2. The molecule has 0 aliphatic rings. The van der Waals surface area contributed by atoms with Crippen molar-refractivity contribution in [2.75, 3.05) is 7.11 Å². The van der Waals surface area contributed by atoms with Crippen LogP contribution in [0.25, 0.3) is 0 Å². The zero-order chi connectivity index (χ0) is 15.3. The number of methoxy groups -OCH3 is 1. The van der Waals surface area contributed by atoms with Crippen molar-refractivity contribution in [2.45, 2.75) is 19.9 Å². The van der Waals surface area contributed by atoms with Crippen molar-refractivity contribution in [3.8, 4) is 0 Å². The Kier molecular flexibility index (Phi) is 5.70. The molecular weight excluding hydrogens is 282 g/mol. The van der Waals surface area contributed by atoms with Gasteiger partial charge in [0.1, 0.15) is 11.7 Å². The molecule has 20 heavy (non-hydrogen) atoms. The van der Waals surface area contributed by atoms with Crippen LogP contribution < -0.4 is 5.32 Å². The summed E-state index contributed by atoms with van der Waals surface area (Å²) >= 11 is 5.81. The Bertz CT molecular complexity index is 512. The van der Waals surface area contributed by atoms with Crippen molar-refractivity contribution in [1.82, 2.24) is 5.32 Å². The molecule has 108 valence electrons. The number of carbonyl (C=O) groups is 3. The van der Waals surface area contributed by atoms with E-state index in [1.54, 1.807) is 24.3 Å². The molecule has 0 spiro atoms. The van der Waals surface area contributed by atoms with Gasteiger partial charge in [0, 0.05) is 11.9 Å². The molecule has 0 aliphatic carbocycles. The van der Waals surface area contributed by atoms with E-state index in [4.69, 9.17) is 11.6 Å². The lowest BCUT2D eigenvalue weighted by atomic mass is 9.90. The van der Waals surface area contributed by atoms with Gasteiger partial charge in [-0.05, 0) is 24.6 Å². The molecule has 6 heteroatoms. The van der Waals surface area contributed by atoms with Gasteiger partial charge in [-0.1, -0.05) is 23.7 Å². The van der Waals surface area contributed by atoms with Crippen molar-refractivity contribution in [2.24, 2.45) is 5.92 Å². The number of hydrogen-bond donors (Lipinski definition) is 1. The number of hydrogen-bond acceptors (Lipinski definition) is 4. The van der Waals surface area contributed by atoms with Gasteiger partial charge in [0.15, 0.2) is 0 Å². The predicted octanol–water partition coefficient (Wildman–Crippen LogP) is 1.90. The minimum Gasteiger partial charge on any atom is -0.468 e. The van der Waals surface area contributed by atoms with E-state index in [0.717, 1.165) is 0 Å². The summed E-state index contributed by atoms with van der Waals surface area (Å²) in [5.74, 6) is -2.51. The average Bonchev–Trinajstić information content (AvgIpc) is 2.37. The second-order valence-corrected chi connectivity index (χ2v) is 4.78. The molecule has 0 aromatic heterocycles. The lowest BCUT2D eigenvalue weighted by Gasteiger charge is -2.24. The largest absolute Gasteiger partial charge is 0.468 e. The van der Waals surface area contributed by atoms with Gasteiger partial charge >= 0.3 is 5.97 Å². The summed E-state index contributed by atoms with van der Waals surface area (Å²) in [6.45, 7) is 2.60. The minimum absolute atomic E-state index is 0.347. The number of rotatable bonds is 5. The maximum absolute atomic E-state index is 11.8. The molecule has 0 radical (unpaired) electrons. The first-order valence-corrected chi connectivity index (χ1v) is 6.35. The van der Waals surface area contributed by atoms with Crippen LogP contribution in [0.5, 0.6) is 0 Å². The highest BCUT2D eigenvalue weighted by Gasteiger charge is 2.35. The molecule has 0 bridgehead atoms. The highest BCUT2D eigenvalue weighted by Crippen LogP contribution is 2.25. The topological polar surface area (TPSA) is 72.5 Å². The summed E-state index contributed by atoms with van der Waals surface area (Å²) in [6.07, 6.45) is 0. The number of halogens is 1. The number of benzene rings is 1. The molecule has 0 saturated heterocycles. The first-order valence-electron chi connectivity index (χ1n) is 5.97. The molecule has 0 unspecified atom stereocenters. The molecule has 2 atom stereocenters. The highest BCUT2D eigenvalue weighted by atomic mass is 35.5. The van der Waals surface area contributed by atoms with Crippen LogP contribution in [0.15, 0.2) is 24.3 Å². The second-order valence-electron chi connectivity index (χ2n) is 4.34. The molecular formula is C14H16ClNO4. The van der Waals surface area contributed by atoms with Crippen LogP contribution in [0.2, 0.25) is 5.02 Å². The Morgan fingerprint density at radius 1 is 1.15 bits per heavy atom. The Labute approximate surface area is 122 Å². The van der Waals surface area contributed by atoms with Crippen LogP contribution in [0.3, 0.4) is 0 Å². The molecule has 0 aliphatic heterocycles. The molecule has 0 heterocycles. The average molecular weight is 298 g/mol. The predicted molar refractivity (Wildman–Crippen MR) is 74.2 cm³/mol. The minimum atomic E-state index is -1.09. The Morgan fingerprint density at radius 2 is 1.70 bits per heavy atom. The van der Waals surface area contributed by atoms with Gasteiger partial charge in [0.25, 0.3) is 0 Å². The van der Waals surface area contributed by atoms with E-state index < -0.39 is 17.9 Å². The van der Waals surface area contributed by atoms with Gasteiger partial charge in [0.2, 0.25) is 5.91 Å². The van der Waals surface area contributed by atoms with Crippen molar-refractivity contribution in [1.29, 1.82) is 0 Å². The van der Waals surface area contributed by atoms with Gasteiger partial charge < -0.3 is 10.1 Å². The molecule has 0 saturated carbocycles. The summed E-state index contributed by atoms with van der Waals surface area (Å²) in [5, 5.41) is 3.13. The molecule has 0 fully saturated rings. The molecule has 1 aromatic rings. The number of ketones is 1.